The Labute approximate surface area is 253 Å². The number of carboxylic acid groups (broad SMARTS) is 1. The van der Waals surface area contributed by atoms with Crippen LogP contribution in [0.15, 0.2) is 54.6 Å². The fourth-order valence-corrected chi connectivity index (χ4v) is 6.59. The molecule has 1 fully saturated rings. The Bertz CT molecular complexity index is 1580. The number of carboxylic acids is 1. The number of amides is 1. The topological polar surface area (TPSA) is 99.4 Å². The van der Waals surface area contributed by atoms with Gasteiger partial charge in [0.05, 0.1) is 34.9 Å². The molecule has 1 aliphatic rings. The Balaban J connectivity index is 1.95. The minimum Gasteiger partial charge on any atom is -0.495 e. The van der Waals surface area contributed by atoms with Gasteiger partial charge in [-0.25, -0.2) is 13.6 Å². The monoisotopic (exact) mass is 614 g/mol. The summed E-state index contributed by atoms with van der Waals surface area (Å²) >= 11 is 12.3. The molecule has 10 heteroatoms. The van der Waals surface area contributed by atoms with Crippen molar-refractivity contribution < 1.29 is 28.2 Å². The van der Waals surface area contributed by atoms with Gasteiger partial charge in [-0.1, -0.05) is 62.2 Å². The molecule has 0 aliphatic heterocycles. The summed E-state index contributed by atoms with van der Waals surface area (Å²) in [6, 6.07) is 14.7. The highest BCUT2D eigenvalue weighted by Crippen LogP contribution is 2.61. The lowest BCUT2D eigenvalue weighted by atomic mass is 9.62. The quantitative estimate of drug-likeness (QED) is 0.279. The Morgan fingerprint density at radius 2 is 1.86 bits per heavy atom. The van der Waals surface area contributed by atoms with E-state index < -0.39 is 46.7 Å². The first kappa shape index (κ1) is 31.3. The summed E-state index contributed by atoms with van der Waals surface area (Å²) in [5.74, 6) is -5.89. The van der Waals surface area contributed by atoms with E-state index in [9.17, 15) is 20.0 Å². The minimum atomic E-state index is -1.67. The highest BCUT2D eigenvalue weighted by atomic mass is 35.5. The van der Waals surface area contributed by atoms with Gasteiger partial charge in [-0.3, -0.25) is 4.79 Å². The van der Waals surface area contributed by atoms with Gasteiger partial charge in [0.25, 0.3) is 0 Å². The standard InChI is InChI=1S/C32H30Cl2F2N2O4/c1-31(2,3)15-18-13-21(29(39)38-25-11-8-17(30(40)41)12-26(25)42-4)27(20-6-5-7-23(34)28(20)36)32(18,16-37)22-10-9-19(33)14-24(22)35/h5-12,14,18,21,27H,13,15H2,1-4H3,(H,38,39)(H,40,41)/t18-,21+,27?,32+/m0/s1. The zero-order chi connectivity index (χ0) is 31.0. The predicted octanol–water partition coefficient (Wildman–Crippen LogP) is 8.23. The van der Waals surface area contributed by atoms with Crippen LogP contribution in [0.1, 0.15) is 61.0 Å². The van der Waals surface area contributed by atoms with Gasteiger partial charge in [-0.05, 0) is 66.1 Å². The molecule has 0 spiro atoms. The van der Waals surface area contributed by atoms with Crippen molar-refractivity contribution in [2.75, 3.05) is 12.4 Å². The van der Waals surface area contributed by atoms with Crippen LogP contribution in [0, 0.1) is 40.2 Å². The molecule has 2 N–H and O–H groups in total. The second-order valence-electron chi connectivity index (χ2n) is 11.7. The van der Waals surface area contributed by atoms with Gasteiger partial charge in [0, 0.05) is 22.4 Å². The molecule has 0 aromatic heterocycles. The summed E-state index contributed by atoms with van der Waals surface area (Å²) in [7, 11) is 1.33. The van der Waals surface area contributed by atoms with E-state index in [1.165, 1.54) is 55.6 Å². The van der Waals surface area contributed by atoms with Gasteiger partial charge in [0.2, 0.25) is 5.91 Å². The van der Waals surface area contributed by atoms with E-state index in [1.54, 1.807) is 0 Å². The number of carbonyl (C=O) groups is 2. The van der Waals surface area contributed by atoms with Crippen molar-refractivity contribution in [2.24, 2.45) is 17.3 Å². The number of anilines is 1. The number of nitrogens with zero attached hydrogens (tertiary/aromatic N) is 1. The third-order valence-electron chi connectivity index (χ3n) is 7.86. The number of hydrogen-bond acceptors (Lipinski definition) is 4. The number of rotatable bonds is 7. The summed E-state index contributed by atoms with van der Waals surface area (Å²) in [5.41, 5.74) is -1.83. The predicted molar refractivity (Wildman–Crippen MR) is 157 cm³/mol. The second kappa shape index (κ2) is 11.9. The van der Waals surface area contributed by atoms with E-state index in [1.807, 2.05) is 20.8 Å². The Morgan fingerprint density at radius 1 is 1.14 bits per heavy atom. The van der Waals surface area contributed by atoms with Gasteiger partial charge >= 0.3 is 5.97 Å². The Morgan fingerprint density at radius 3 is 2.45 bits per heavy atom. The van der Waals surface area contributed by atoms with Crippen molar-refractivity contribution in [1.29, 1.82) is 5.26 Å². The first-order chi connectivity index (χ1) is 19.7. The summed E-state index contributed by atoms with van der Waals surface area (Å²) in [6.07, 6.45) is 0.548. The molecule has 0 heterocycles. The molecule has 0 bridgehead atoms. The number of hydrogen-bond donors (Lipinski definition) is 2. The van der Waals surface area contributed by atoms with Crippen LogP contribution < -0.4 is 10.1 Å². The maximum Gasteiger partial charge on any atom is 0.335 e. The summed E-state index contributed by atoms with van der Waals surface area (Å²) in [6.45, 7) is 5.93. The largest absolute Gasteiger partial charge is 0.495 e. The molecule has 1 saturated carbocycles. The maximum absolute atomic E-state index is 15.8. The normalized spacial score (nSPS) is 21.9. The van der Waals surface area contributed by atoms with E-state index in [0.717, 1.165) is 6.07 Å². The highest BCUT2D eigenvalue weighted by molar-refractivity contribution is 6.31. The maximum atomic E-state index is 15.8. The van der Waals surface area contributed by atoms with E-state index in [2.05, 4.69) is 11.4 Å². The molecule has 4 atom stereocenters. The molecule has 1 unspecified atom stereocenters. The van der Waals surface area contributed by atoms with Crippen LogP contribution in [0.2, 0.25) is 10.0 Å². The Kier molecular flexibility index (Phi) is 8.86. The van der Waals surface area contributed by atoms with Gasteiger partial charge in [0.1, 0.15) is 17.4 Å². The SMILES string of the molecule is COc1cc(C(=O)O)ccc1NC(=O)[C@@H]1C[C@@H](CC(C)(C)C)[C@](C#N)(c2ccc(Cl)cc2F)C1c1cccc(Cl)c1F. The van der Waals surface area contributed by atoms with E-state index >= 15 is 8.78 Å². The third kappa shape index (κ3) is 5.81. The molecule has 3 aromatic rings. The second-order valence-corrected chi connectivity index (χ2v) is 12.6. The zero-order valence-electron chi connectivity index (χ0n) is 23.5. The van der Waals surface area contributed by atoms with Gasteiger partial charge in [-0.2, -0.15) is 5.26 Å². The zero-order valence-corrected chi connectivity index (χ0v) is 25.0. The lowest BCUT2D eigenvalue weighted by Gasteiger charge is -2.38. The molecule has 6 nitrogen and oxygen atoms in total. The van der Waals surface area contributed by atoms with E-state index in [0.29, 0.717) is 6.42 Å². The van der Waals surface area contributed by atoms with Gasteiger partial charge in [0.15, 0.2) is 0 Å². The van der Waals surface area contributed by atoms with Crippen LogP contribution in [-0.4, -0.2) is 24.1 Å². The van der Waals surface area contributed by atoms with Crippen LogP contribution >= 0.6 is 23.2 Å². The van der Waals surface area contributed by atoms with Crippen LogP contribution in [0.3, 0.4) is 0 Å². The van der Waals surface area contributed by atoms with Crippen molar-refractivity contribution in [1.82, 2.24) is 0 Å². The molecule has 42 heavy (non-hydrogen) atoms. The molecule has 1 aliphatic carbocycles. The van der Waals surface area contributed by atoms with Crippen molar-refractivity contribution in [2.45, 2.75) is 44.9 Å². The van der Waals surface area contributed by atoms with Crippen LogP contribution in [0.5, 0.6) is 5.75 Å². The number of methoxy groups -OCH3 is 1. The van der Waals surface area contributed by atoms with Crippen molar-refractivity contribution >= 4 is 40.8 Å². The summed E-state index contributed by atoms with van der Waals surface area (Å²) in [5, 5.41) is 23.0. The van der Waals surface area contributed by atoms with E-state index in [4.69, 9.17) is 27.9 Å². The number of aromatic carboxylic acids is 1. The Hall–Kier alpha value is -3.67. The number of benzene rings is 3. The molecule has 0 radical (unpaired) electrons. The van der Waals surface area contributed by atoms with Crippen molar-refractivity contribution in [3.63, 3.8) is 0 Å². The van der Waals surface area contributed by atoms with Crippen LogP contribution in [0.4, 0.5) is 14.5 Å². The fraction of sp³-hybridized carbons (Fsp3) is 0.344. The highest BCUT2D eigenvalue weighted by Gasteiger charge is 2.61. The first-order valence-corrected chi connectivity index (χ1v) is 14.0. The first-order valence-electron chi connectivity index (χ1n) is 13.3. The average molecular weight is 616 g/mol. The lowest BCUT2D eigenvalue weighted by Crippen LogP contribution is -2.39. The number of carbonyl (C=O) groups excluding carboxylic acids is 1. The number of ether oxygens (including phenoxy) is 1. The van der Waals surface area contributed by atoms with Crippen molar-refractivity contribution in [3.05, 3.63) is 93.0 Å². The third-order valence-corrected chi connectivity index (χ3v) is 8.38. The summed E-state index contributed by atoms with van der Waals surface area (Å²) < 4.78 is 36.9. The van der Waals surface area contributed by atoms with E-state index in [-0.39, 0.29) is 50.0 Å². The molecular formula is C32H30Cl2F2N2O4. The summed E-state index contributed by atoms with van der Waals surface area (Å²) in [4.78, 5) is 25.6. The van der Waals surface area contributed by atoms with Crippen molar-refractivity contribution in [3.8, 4) is 11.8 Å². The molecule has 1 amide bonds. The molecule has 4 rings (SSSR count). The molecule has 3 aromatic carbocycles. The molecular weight excluding hydrogens is 585 g/mol. The average Bonchev–Trinajstić information content (AvgIpc) is 3.23. The smallest absolute Gasteiger partial charge is 0.335 e. The number of nitrogens with one attached hydrogen (secondary N) is 1. The lowest BCUT2D eigenvalue weighted by molar-refractivity contribution is -0.120. The number of halogens is 4. The van der Waals surface area contributed by atoms with Gasteiger partial charge < -0.3 is 15.2 Å². The van der Waals surface area contributed by atoms with Gasteiger partial charge in [-0.15, -0.1) is 0 Å². The number of nitriles is 1. The molecule has 0 saturated heterocycles. The fourth-order valence-electron chi connectivity index (χ4n) is 6.25. The van der Waals surface area contributed by atoms with Crippen LogP contribution in [0.25, 0.3) is 0 Å². The molecule has 220 valence electrons. The minimum absolute atomic E-state index is 0.0168. The van der Waals surface area contributed by atoms with Crippen LogP contribution in [-0.2, 0) is 10.2 Å².